The Bertz CT molecular complexity index is 487. The molecule has 17 heavy (non-hydrogen) atoms. The normalized spacial score (nSPS) is 10.5. The maximum atomic E-state index is 8.96. The molecule has 0 aliphatic rings. The van der Waals surface area contributed by atoms with Crippen LogP contribution >= 0.6 is 11.8 Å². The Kier molecular flexibility index (Phi) is 3.83. The SMILES string of the molecule is Cn1cnnc1SCc1ccc(B(O)O)cc1. The smallest absolute Gasteiger partial charge is 0.423 e. The molecule has 88 valence electrons. The lowest BCUT2D eigenvalue weighted by atomic mass is 9.80. The van der Waals surface area contributed by atoms with E-state index in [1.54, 1.807) is 30.2 Å². The van der Waals surface area contributed by atoms with E-state index in [0.29, 0.717) is 5.46 Å². The average molecular weight is 249 g/mol. The van der Waals surface area contributed by atoms with Crippen LogP contribution in [0.1, 0.15) is 5.56 Å². The third-order valence-electron chi connectivity index (χ3n) is 2.32. The molecular formula is C10H12BN3O2S. The van der Waals surface area contributed by atoms with Crippen molar-refractivity contribution in [2.75, 3.05) is 0 Å². The van der Waals surface area contributed by atoms with Crippen LogP contribution in [0.25, 0.3) is 0 Å². The Morgan fingerprint density at radius 3 is 2.53 bits per heavy atom. The van der Waals surface area contributed by atoms with Crippen LogP contribution < -0.4 is 5.46 Å². The van der Waals surface area contributed by atoms with Gasteiger partial charge >= 0.3 is 7.12 Å². The van der Waals surface area contributed by atoms with Gasteiger partial charge in [-0.1, -0.05) is 36.0 Å². The van der Waals surface area contributed by atoms with Crippen molar-refractivity contribution >= 4 is 24.3 Å². The van der Waals surface area contributed by atoms with E-state index >= 15 is 0 Å². The lowest BCUT2D eigenvalue weighted by Gasteiger charge is -2.03. The van der Waals surface area contributed by atoms with Gasteiger partial charge in [0.15, 0.2) is 5.16 Å². The molecule has 2 rings (SSSR count). The van der Waals surface area contributed by atoms with Crippen LogP contribution in [0.2, 0.25) is 0 Å². The molecule has 1 aromatic carbocycles. The van der Waals surface area contributed by atoms with Crippen molar-refractivity contribution in [3.8, 4) is 0 Å². The molecule has 0 atom stereocenters. The molecule has 0 amide bonds. The number of aryl methyl sites for hydroxylation is 1. The molecule has 0 unspecified atom stereocenters. The highest BCUT2D eigenvalue weighted by Gasteiger charge is 2.10. The van der Waals surface area contributed by atoms with Gasteiger partial charge in [0, 0.05) is 12.8 Å². The molecule has 1 aromatic heterocycles. The number of benzene rings is 1. The standard InChI is InChI=1S/C10H12BN3O2S/c1-14-7-12-13-10(14)17-6-8-2-4-9(5-3-8)11(15)16/h2-5,7,15-16H,6H2,1H3. The van der Waals surface area contributed by atoms with E-state index in [9.17, 15) is 0 Å². The highest BCUT2D eigenvalue weighted by Crippen LogP contribution is 2.18. The molecule has 0 saturated heterocycles. The van der Waals surface area contributed by atoms with E-state index < -0.39 is 7.12 Å². The summed E-state index contributed by atoms with van der Waals surface area (Å²) in [5, 5.41) is 26.5. The predicted octanol–water partition coefficient (Wildman–Crippen LogP) is -0.213. The van der Waals surface area contributed by atoms with Crippen LogP contribution in [0.5, 0.6) is 0 Å². The number of hydrogen-bond donors (Lipinski definition) is 2. The maximum Gasteiger partial charge on any atom is 0.488 e. The van der Waals surface area contributed by atoms with Gasteiger partial charge in [-0.05, 0) is 11.0 Å². The van der Waals surface area contributed by atoms with E-state index in [4.69, 9.17) is 10.0 Å². The number of aromatic nitrogens is 3. The van der Waals surface area contributed by atoms with E-state index in [2.05, 4.69) is 10.2 Å². The van der Waals surface area contributed by atoms with Gasteiger partial charge in [-0.2, -0.15) is 0 Å². The molecule has 0 aliphatic heterocycles. The summed E-state index contributed by atoms with van der Waals surface area (Å²) in [5.74, 6) is 0.772. The van der Waals surface area contributed by atoms with Crippen molar-refractivity contribution in [2.24, 2.45) is 7.05 Å². The van der Waals surface area contributed by atoms with Gasteiger partial charge in [-0.15, -0.1) is 10.2 Å². The molecule has 1 heterocycles. The largest absolute Gasteiger partial charge is 0.488 e. The minimum Gasteiger partial charge on any atom is -0.423 e. The Morgan fingerprint density at radius 1 is 1.29 bits per heavy atom. The van der Waals surface area contributed by atoms with Crippen LogP contribution in [0.15, 0.2) is 35.7 Å². The van der Waals surface area contributed by atoms with Crippen molar-refractivity contribution in [3.05, 3.63) is 36.2 Å². The summed E-state index contributed by atoms with van der Waals surface area (Å²) in [6.45, 7) is 0. The number of rotatable bonds is 4. The van der Waals surface area contributed by atoms with E-state index in [0.717, 1.165) is 16.5 Å². The highest BCUT2D eigenvalue weighted by molar-refractivity contribution is 7.98. The quantitative estimate of drug-likeness (QED) is 0.579. The Morgan fingerprint density at radius 2 is 2.00 bits per heavy atom. The molecule has 0 fully saturated rings. The summed E-state index contributed by atoms with van der Waals surface area (Å²) < 4.78 is 1.86. The van der Waals surface area contributed by atoms with Crippen LogP contribution in [-0.2, 0) is 12.8 Å². The second kappa shape index (κ2) is 5.35. The lowest BCUT2D eigenvalue weighted by molar-refractivity contribution is 0.426. The lowest BCUT2D eigenvalue weighted by Crippen LogP contribution is -2.29. The molecule has 2 N–H and O–H groups in total. The summed E-state index contributed by atoms with van der Waals surface area (Å²) in [4.78, 5) is 0. The van der Waals surface area contributed by atoms with Gasteiger partial charge in [0.25, 0.3) is 0 Å². The Labute approximate surface area is 104 Å². The van der Waals surface area contributed by atoms with Gasteiger partial charge in [0.1, 0.15) is 6.33 Å². The van der Waals surface area contributed by atoms with E-state index in [1.807, 2.05) is 23.7 Å². The zero-order valence-electron chi connectivity index (χ0n) is 9.32. The van der Waals surface area contributed by atoms with Crippen molar-refractivity contribution in [3.63, 3.8) is 0 Å². The molecule has 2 aromatic rings. The fourth-order valence-electron chi connectivity index (χ4n) is 1.34. The van der Waals surface area contributed by atoms with E-state index in [1.165, 1.54) is 0 Å². The zero-order chi connectivity index (χ0) is 12.3. The molecule has 0 radical (unpaired) electrons. The highest BCUT2D eigenvalue weighted by atomic mass is 32.2. The maximum absolute atomic E-state index is 8.96. The third kappa shape index (κ3) is 3.09. The summed E-state index contributed by atoms with van der Waals surface area (Å²) in [6, 6.07) is 7.16. The first-order valence-electron chi connectivity index (χ1n) is 5.08. The monoisotopic (exact) mass is 249 g/mol. The van der Waals surface area contributed by atoms with Gasteiger partial charge < -0.3 is 14.6 Å². The van der Waals surface area contributed by atoms with Crippen LogP contribution in [-0.4, -0.2) is 31.9 Å². The molecule has 0 spiro atoms. The summed E-state index contributed by atoms with van der Waals surface area (Å²) >= 11 is 1.59. The minimum absolute atomic E-state index is 0.498. The predicted molar refractivity (Wildman–Crippen MR) is 66.8 cm³/mol. The minimum atomic E-state index is -1.41. The van der Waals surface area contributed by atoms with Crippen LogP contribution in [0, 0.1) is 0 Å². The summed E-state index contributed by atoms with van der Waals surface area (Å²) in [5.41, 5.74) is 1.60. The second-order valence-electron chi connectivity index (χ2n) is 3.63. The first-order chi connectivity index (χ1) is 8.16. The average Bonchev–Trinajstić information content (AvgIpc) is 2.73. The van der Waals surface area contributed by atoms with Gasteiger partial charge in [-0.3, -0.25) is 0 Å². The number of thioether (sulfide) groups is 1. The van der Waals surface area contributed by atoms with E-state index in [-0.39, 0.29) is 0 Å². The Balaban J connectivity index is 1.98. The van der Waals surface area contributed by atoms with Crippen molar-refractivity contribution in [1.82, 2.24) is 14.8 Å². The van der Waals surface area contributed by atoms with Crippen LogP contribution in [0.4, 0.5) is 0 Å². The molecule has 7 heteroatoms. The van der Waals surface area contributed by atoms with Crippen LogP contribution in [0.3, 0.4) is 0 Å². The molecular weight excluding hydrogens is 237 g/mol. The fraction of sp³-hybridized carbons (Fsp3) is 0.200. The van der Waals surface area contributed by atoms with Crippen molar-refractivity contribution in [2.45, 2.75) is 10.9 Å². The number of nitrogens with zero attached hydrogens (tertiary/aromatic N) is 3. The van der Waals surface area contributed by atoms with Crippen molar-refractivity contribution in [1.29, 1.82) is 0 Å². The number of hydrogen-bond acceptors (Lipinski definition) is 5. The molecule has 0 saturated carbocycles. The third-order valence-corrected chi connectivity index (χ3v) is 3.42. The molecule has 0 bridgehead atoms. The molecule has 0 aliphatic carbocycles. The second-order valence-corrected chi connectivity index (χ2v) is 4.57. The van der Waals surface area contributed by atoms with Gasteiger partial charge in [0.2, 0.25) is 0 Å². The Hall–Kier alpha value is -1.31. The van der Waals surface area contributed by atoms with Gasteiger partial charge in [-0.25, -0.2) is 0 Å². The molecule has 5 nitrogen and oxygen atoms in total. The first-order valence-corrected chi connectivity index (χ1v) is 6.07. The van der Waals surface area contributed by atoms with Gasteiger partial charge in [0.05, 0.1) is 0 Å². The summed E-state index contributed by atoms with van der Waals surface area (Å²) in [6.07, 6.45) is 1.66. The van der Waals surface area contributed by atoms with Crippen molar-refractivity contribution < 1.29 is 10.0 Å². The first kappa shape index (κ1) is 12.2. The fourth-order valence-corrected chi connectivity index (χ4v) is 2.18. The topological polar surface area (TPSA) is 71.2 Å². The zero-order valence-corrected chi connectivity index (χ0v) is 10.1. The summed E-state index contributed by atoms with van der Waals surface area (Å²) in [7, 11) is 0.489.